The maximum atomic E-state index is 9.85. The van der Waals surface area contributed by atoms with Crippen LogP contribution in [0.3, 0.4) is 0 Å². The molecule has 9 nitrogen and oxygen atoms in total. The summed E-state index contributed by atoms with van der Waals surface area (Å²) in [5, 5.41) is 20.5. The number of hydrogen-bond donors (Lipinski definition) is 4. The number of rotatable bonds is 7. The van der Waals surface area contributed by atoms with Crippen LogP contribution >= 0.6 is 11.6 Å². The van der Waals surface area contributed by atoms with E-state index in [1.165, 1.54) is 12.8 Å². The summed E-state index contributed by atoms with van der Waals surface area (Å²) >= 11 is 6.81. The Kier molecular flexibility index (Phi) is 6.25. The van der Waals surface area contributed by atoms with Gasteiger partial charge in [0.25, 0.3) is 0 Å². The highest BCUT2D eigenvalue weighted by Crippen LogP contribution is 2.38. The number of nitrogens with zero attached hydrogens (tertiary/aromatic N) is 5. The van der Waals surface area contributed by atoms with Crippen LogP contribution in [-0.2, 0) is 7.05 Å². The summed E-state index contributed by atoms with van der Waals surface area (Å²) in [6, 6.07) is 12.7. The molecule has 2 aromatic carbocycles. The summed E-state index contributed by atoms with van der Waals surface area (Å²) in [7, 11) is 2.01. The van der Waals surface area contributed by atoms with Crippen molar-refractivity contribution in [1.82, 2.24) is 30.5 Å². The van der Waals surface area contributed by atoms with Crippen LogP contribution in [-0.4, -0.2) is 32.1 Å². The molecule has 0 bridgehead atoms. The van der Waals surface area contributed by atoms with Gasteiger partial charge >= 0.3 is 0 Å². The van der Waals surface area contributed by atoms with Crippen molar-refractivity contribution in [3.8, 4) is 6.07 Å². The Bertz CT molecular complexity index is 1640. The Balaban J connectivity index is 1.46. The molecule has 0 unspecified atom stereocenters. The first-order valence-corrected chi connectivity index (χ1v) is 13.5. The SMILES string of the molecule is Cn1cnc2cccc([C@H](Nc3cc(Cl)c4ncc(C#N)c(NCC(C)(C)C)c4c3)C3=CN(C4CC4)NN3)c21. The molecule has 2 aliphatic rings. The fraction of sp³-hybridized carbons (Fsp3) is 0.345. The molecule has 2 aromatic heterocycles. The molecule has 1 fully saturated rings. The third kappa shape index (κ3) is 4.93. The molecule has 0 saturated heterocycles. The van der Waals surface area contributed by atoms with Crippen LogP contribution in [0.25, 0.3) is 21.9 Å². The van der Waals surface area contributed by atoms with Gasteiger partial charge < -0.3 is 20.6 Å². The van der Waals surface area contributed by atoms with Crippen molar-refractivity contribution in [2.24, 2.45) is 12.5 Å². The third-order valence-electron chi connectivity index (χ3n) is 7.09. The maximum Gasteiger partial charge on any atom is 0.103 e. The molecule has 0 spiro atoms. The van der Waals surface area contributed by atoms with Crippen molar-refractivity contribution in [1.29, 1.82) is 5.26 Å². The summed E-state index contributed by atoms with van der Waals surface area (Å²) in [4.78, 5) is 9.10. The Morgan fingerprint density at radius 3 is 2.79 bits per heavy atom. The fourth-order valence-corrected chi connectivity index (χ4v) is 5.25. The average molecular weight is 542 g/mol. The zero-order chi connectivity index (χ0) is 27.3. The second-order valence-electron chi connectivity index (χ2n) is 11.5. The van der Waals surface area contributed by atoms with E-state index in [1.54, 1.807) is 6.20 Å². The molecule has 4 N–H and O–H groups in total. The minimum absolute atomic E-state index is 0.0237. The van der Waals surface area contributed by atoms with Gasteiger partial charge in [0.05, 0.1) is 50.9 Å². The predicted octanol–water partition coefficient (Wildman–Crippen LogP) is 5.59. The van der Waals surface area contributed by atoms with Crippen LogP contribution in [0.2, 0.25) is 5.02 Å². The number of hydrogen-bond acceptors (Lipinski definition) is 8. The van der Waals surface area contributed by atoms with Crippen molar-refractivity contribution < 1.29 is 0 Å². The average Bonchev–Trinajstić information content (AvgIpc) is 3.52. The number of anilines is 2. The van der Waals surface area contributed by atoms with Crippen LogP contribution in [0.1, 0.15) is 50.8 Å². The van der Waals surface area contributed by atoms with E-state index in [2.05, 4.69) is 75.7 Å². The second-order valence-corrected chi connectivity index (χ2v) is 11.9. The van der Waals surface area contributed by atoms with E-state index >= 15 is 0 Å². The van der Waals surface area contributed by atoms with Gasteiger partial charge in [0.1, 0.15) is 6.07 Å². The minimum atomic E-state index is -0.230. The molecular weight excluding hydrogens is 510 g/mol. The Morgan fingerprint density at radius 2 is 2.05 bits per heavy atom. The molecule has 1 saturated carbocycles. The number of benzene rings is 2. The number of nitriles is 1. The highest BCUT2D eigenvalue weighted by molar-refractivity contribution is 6.35. The van der Waals surface area contributed by atoms with Crippen molar-refractivity contribution in [3.05, 3.63) is 70.9 Å². The first kappa shape index (κ1) is 25.3. The van der Waals surface area contributed by atoms with Gasteiger partial charge in [-0.25, -0.2) is 4.98 Å². The number of nitrogens with one attached hydrogen (secondary N) is 4. The second kappa shape index (κ2) is 9.63. The van der Waals surface area contributed by atoms with Crippen molar-refractivity contribution in [2.75, 3.05) is 17.2 Å². The molecule has 4 aromatic rings. The van der Waals surface area contributed by atoms with Crippen LogP contribution in [0, 0.1) is 16.7 Å². The largest absolute Gasteiger partial charge is 0.383 e. The quantitative estimate of drug-likeness (QED) is 0.240. The maximum absolute atomic E-state index is 9.85. The molecule has 0 amide bonds. The van der Waals surface area contributed by atoms with Gasteiger partial charge in [0, 0.05) is 48.7 Å². The van der Waals surface area contributed by atoms with E-state index in [4.69, 9.17) is 11.6 Å². The van der Waals surface area contributed by atoms with E-state index in [1.807, 2.05) is 42.2 Å². The fourth-order valence-electron chi connectivity index (χ4n) is 4.98. The lowest BCUT2D eigenvalue weighted by atomic mass is 9.96. The van der Waals surface area contributed by atoms with Crippen molar-refractivity contribution in [3.63, 3.8) is 0 Å². The van der Waals surface area contributed by atoms with E-state index in [0.717, 1.165) is 39.1 Å². The van der Waals surface area contributed by atoms with Crippen molar-refractivity contribution >= 4 is 44.9 Å². The van der Waals surface area contributed by atoms with Gasteiger partial charge in [-0.05, 0) is 36.5 Å². The topological polar surface area (TPSA) is 106 Å². The van der Waals surface area contributed by atoms with Crippen LogP contribution in [0.15, 0.2) is 54.8 Å². The number of fused-ring (bicyclic) bond motifs is 2. The van der Waals surface area contributed by atoms with E-state index in [9.17, 15) is 5.26 Å². The number of aromatic nitrogens is 3. The monoisotopic (exact) mass is 541 g/mol. The lowest BCUT2D eigenvalue weighted by Gasteiger charge is -2.24. The summed E-state index contributed by atoms with van der Waals surface area (Å²) in [5.41, 5.74) is 13.5. The predicted molar refractivity (Wildman–Crippen MR) is 156 cm³/mol. The van der Waals surface area contributed by atoms with E-state index in [0.29, 0.717) is 28.7 Å². The summed E-state index contributed by atoms with van der Waals surface area (Å²) in [6.07, 6.45) is 7.91. The Labute approximate surface area is 232 Å². The van der Waals surface area contributed by atoms with E-state index < -0.39 is 0 Å². The van der Waals surface area contributed by atoms with Gasteiger partial charge in [-0.3, -0.25) is 9.99 Å². The summed E-state index contributed by atoms with van der Waals surface area (Å²) < 4.78 is 2.05. The Morgan fingerprint density at radius 1 is 1.23 bits per heavy atom. The number of para-hydroxylation sites is 1. The molecule has 1 atom stereocenters. The van der Waals surface area contributed by atoms with Gasteiger partial charge in [0.15, 0.2) is 0 Å². The molecular formula is C29H32ClN9. The highest BCUT2D eigenvalue weighted by Gasteiger charge is 2.33. The van der Waals surface area contributed by atoms with Gasteiger partial charge in [-0.15, -0.1) is 5.53 Å². The standard InChI is InChI=1S/C29H32ClN9/c1-29(2,3)15-33-25-17(12-31)13-32-26-21(25)10-18(11-22(26)30)35-27(24-14-39(37-36-24)19-8-9-19)20-6-5-7-23-28(20)38(4)16-34-23/h5-7,10-11,13-14,16,19,27,35-37H,8-9,15H2,1-4H3,(H,32,33)/t27-/m0/s1. The number of hydrazine groups is 2. The van der Waals surface area contributed by atoms with Gasteiger partial charge in [-0.2, -0.15) is 5.26 Å². The van der Waals surface area contributed by atoms with Gasteiger partial charge in [0.2, 0.25) is 0 Å². The number of aryl methyl sites for hydroxylation is 1. The lowest BCUT2D eigenvalue weighted by Crippen LogP contribution is -2.38. The first-order valence-electron chi connectivity index (χ1n) is 13.2. The molecule has 10 heteroatoms. The number of pyridine rings is 1. The molecule has 6 rings (SSSR count). The summed E-state index contributed by atoms with van der Waals surface area (Å²) in [6.45, 7) is 7.15. The Hall–Kier alpha value is -4.00. The molecule has 1 aliphatic carbocycles. The molecule has 39 heavy (non-hydrogen) atoms. The zero-order valence-corrected chi connectivity index (χ0v) is 23.3. The molecule has 1 aliphatic heterocycles. The highest BCUT2D eigenvalue weighted by atomic mass is 35.5. The third-order valence-corrected chi connectivity index (χ3v) is 7.38. The van der Waals surface area contributed by atoms with Crippen LogP contribution in [0.4, 0.5) is 11.4 Å². The zero-order valence-electron chi connectivity index (χ0n) is 22.5. The smallest absolute Gasteiger partial charge is 0.103 e. The minimum Gasteiger partial charge on any atom is -0.383 e. The summed E-state index contributed by atoms with van der Waals surface area (Å²) in [5.74, 6) is 0. The van der Waals surface area contributed by atoms with Gasteiger partial charge in [-0.1, -0.05) is 44.5 Å². The number of imidazole rings is 1. The first-order chi connectivity index (χ1) is 18.7. The van der Waals surface area contributed by atoms with E-state index in [-0.39, 0.29) is 11.5 Å². The molecule has 200 valence electrons. The van der Waals surface area contributed by atoms with Crippen molar-refractivity contribution in [2.45, 2.75) is 45.7 Å². The molecule has 0 radical (unpaired) electrons. The normalized spacial score (nSPS) is 16.2. The lowest BCUT2D eigenvalue weighted by molar-refractivity contribution is 0.260. The number of halogens is 1. The molecule has 3 heterocycles. The van der Waals surface area contributed by atoms with Crippen LogP contribution < -0.4 is 21.6 Å². The van der Waals surface area contributed by atoms with Crippen LogP contribution in [0.5, 0.6) is 0 Å².